The molecule has 0 saturated carbocycles. The minimum Gasteiger partial charge on any atom is -0.490 e. The summed E-state index contributed by atoms with van der Waals surface area (Å²) in [6.45, 7) is 2.65. The molecule has 0 aliphatic carbocycles. The molecule has 1 aromatic carbocycles. The van der Waals surface area contributed by atoms with E-state index in [9.17, 15) is 22.8 Å². The van der Waals surface area contributed by atoms with E-state index in [1.165, 1.54) is 6.07 Å². The van der Waals surface area contributed by atoms with Crippen molar-refractivity contribution in [3.63, 3.8) is 0 Å². The van der Waals surface area contributed by atoms with Crippen LogP contribution in [0.15, 0.2) is 42.6 Å². The minimum atomic E-state index is -4.42. The van der Waals surface area contributed by atoms with E-state index in [1.807, 2.05) is 29.2 Å². The maximum absolute atomic E-state index is 12.7. The Labute approximate surface area is 183 Å². The van der Waals surface area contributed by atoms with E-state index >= 15 is 0 Å². The molecule has 10 heteroatoms. The summed E-state index contributed by atoms with van der Waals surface area (Å²) in [4.78, 5) is 34.4. The van der Waals surface area contributed by atoms with Crippen molar-refractivity contribution in [1.82, 2.24) is 9.88 Å². The monoisotopic (exact) mass is 448 g/mol. The second-order valence-electron chi connectivity index (χ2n) is 7.63. The van der Waals surface area contributed by atoms with Crippen LogP contribution in [0.2, 0.25) is 0 Å². The van der Waals surface area contributed by atoms with E-state index in [0.717, 1.165) is 12.3 Å². The van der Waals surface area contributed by atoms with E-state index in [4.69, 9.17) is 4.74 Å². The molecule has 0 bridgehead atoms. The molecule has 32 heavy (non-hydrogen) atoms. The van der Waals surface area contributed by atoms with Gasteiger partial charge in [0.1, 0.15) is 18.2 Å². The standard InChI is InChI=1S/C22H23F3N4O3/c23-22(24,25)16-5-6-19(26-15-16)27-9-11-28(12-10-27)20(30)7-8-21(31)29-13-14-32-18-4-2-1-3-17(18)29/h1-6,15H,7-14H2. The first-order valence-corrected chi connectivity index (χ1v) is 10.4. The molecule has 1 fully saturated rings. The van der Waals surface area contributed by atoms with Gasteiger partial charge in [-0.25, -0.2) is 4.98 Å². The van der Waals surface area contributed by atoms with E-state index in [1.54, 1.807) is 9.80 Å². The lowest BCUT2D eigenvalue weighted by Gasteiger charge is -2.35. The number of rotatable bonds is 4. The summed E-state index contributed by atoms with van der Waals surface area (Å²) in [7, 11) is 0. The van der Waals surface area contributed by atoms with Crippen LogP contribution < -0.4 is 14.5 Å². The summed E-state index contributed by atoms with van der Waals surface area (Å²) >= 11 is 0. The molecule has 3 heterocycles. The summed E-state index contributed by atoms with van der Waals surface area (Å²) < 4.78 is 43.6. The van der Waals surface area contributed by atoms with Crippen LogP contribution in [0.1, 0.15) is 18.4 Å². The first-order chi connectivity index (χ1) is 15.3. The van der Waals surface area contributed by atoms with E-state index in [-0.39, 0.29) is 24.7 Å². The second kappa shape index (κ2) is 9.05. The third-order valence-electron chi connectivity index (χ3n) is 5.61. The van der Waals surface area contributed by atoms with Gasteiger partial charge in [-0.1, -0.05) is 12.1 Å². The highest BCUT2D eigenvalue weighted by Gasteiger charge is 2.31. The van der Waals surface area contributed by atoms with Gasteiger partial charge in [0.2, 0.25) is 11.8 Å². The summed E-state index contributed by atoms with van der Waals surface area (Å²) in [5, 5.41) is 0. The number of alkyl halides is 3. The number of hydrogen-bond donors (Lipinski definition) is 0. The fourth-order valence-electron chi connectivity index (χ4n) is 3.86. The van der Waals surface area contributed by atoms with Gasteiger partial charge in [-0.15, -0.1) is 0 Å². The van der Waals surface area contributed by atoms with Crippen LogP contribution in [-0.2, 0) is 15.8 Å². The van der Waals surface area contributed by atoms with Crippen molar-refractivity contribution in [2.24, 2.45) is 0 Å². The first-order valence-electron chi connectivity index (χ1n) is 10.4. The van der Waals surface area contributed by atoms with Crippen LogP contribution in [0, 0.1) is 0 Å². The minimum absolute atomic E-state index is 0.105. The highest BCUT2D eigenvalue weighted by molar-refractivity contribution is 5.97. The number of fused-ring (bicyclic) bond motifs is 1. The zero-order valence-corrected chi connectivity index (χ0v) is 17.3. The molecule has 0 spiro atoms. The number of nitrogens with zero attached hydrogens (tertiary/aromatic N) is 4. The largest absolute Gasteiger partial charge is 0.490 e. The molecule has 2 aliphatic rings. The molecule has 0 N–H and O–H groups in total. The van der Waals surface area contributed by atoms with Gasteiger partial charge >= 0.3 is 6.18 Å². The van der Waals surface area contributed by atoms with Crippen molar-refractivity contribution < 1.29 is 27.5 Å². The zero-order valence-electron chi connectivity index (χ0n) is 17.3. The molecule has 4 rings (SSSR count). The third kappa shape index (κ3) is 4.79. The zero-order chi connectivity index (χ0) is 22.7. The lowest BCUT2D eigenvalue weighted by molar-refractivity contribution is -0.137. The Morgan fingerprint density at radius 1 is 0.938 bits per heavy atom. The Balaban J connectivity index is 1.27. The molecule has 0 atom stereocenters. The maximum Gasteiger partial charge on any atom is 0.417 e. The fraction of sp³-hybridized carbons (Fsp3) is 0.409. The molecule has 2 aromatic rings. The number of pyridine rings is 1. The van der Waals surface area contributed by atoms with Gasteiger partial charge in [0.25, 0.3) is 0 Å². The molecule has 0 radical (unpaired) electrons. The molecule has 0 unspecified atom stereocenters. The number of ether oxygens (including phenoxy) is 1. The molecular weight excluding hydrogens is 425 g/mol. The van der Waals surface area contributed by atoms with Crippen LogP contribution in [-0.4, -0.2) is 61.0 Å². The molecule has 2 amide bonds. The highest BCUT2D eigenvalue weighted by Crippen LogP contribution is 2.32. The van der Waals surface area contributed by atoms with Crippen molar-refractivity contribution in [3.8, 4) is 5.75 Å². The average molecular weight is 448 g/mol. The number of halogens is 3. The number of benzene rings is 1. The van der Waals surface area contributed by atoms with Crippen molar-refractivity contribution in [2.45, 2.75) is 19.0 Å². The molecule has 170 valence electrons. The van der Waals surface area contributed by atoms with Crippen LogP contribution in [0.4, 0.5) is 24.7 Å². The van der Waals surface area contributed by atoms with Crippen LogP contribution in [0.25, 0.3) is 0 Å². The third-order valence-corrected chi connectivity index (χ3v) is 5.61. The number of anilines is 2. The topological polar surface area (TPSA) is 66.0 Å². The quantitative estimate of drug-likeness (QED) is 0.720. The van der Waals surface area contributed by atoms with Gasteiger partial charge in [-0.2, -0.15) is 13.2 Å². The van der Waals surface area contributed by atoms with E-state index in [2.05, 4.69) is 4.98 Å². The Morgan fingerprint density at radius 3 is 2.34 bits per heavy atom. The van der Waals surface area contributed by atoms with Crippen LogP contribution >= 0.6 is 0 Å². The Bertz CT molecular complexity index is 973. The van der Waals surface area contributed by atoms with Crippen LogP contribution in [0.3, 0.4) is 0 Å². The summed E-state index contributed by atoms with van der Waals surface area (Å²) in [6.07, 6.45) is -3.38. The number of amides is 2. The molecule has 7 nitrogen and oxygen atoms in total. The van der Waals surface area contributed by atoms with Crippen molar-refractivity contribution in [2.75, 3.05) is 49.1 Å². The second-order valence-corrected chi connectivity index (χ2v) is 7.63. The lowest BCUT2D eigenvalue weighted by Crippen LogP contribution is -2.49. The number of aromatic nitrogens is 1. The maximum atomic E-state index is 12.7. The Hall–Kier alpha value is -3.30. The number of para-hydroxylation sites is 2. The van der Waals surface area contributed by atoms with Gasteiger partial charge < -0.3 is 19.4 Å². The predicted octanol–water partition coefficient (Wildman–Crippen LogP) is 2.95. The van der Waals surface area contributed by atoms with Gasteiger partial charge in [-0.05, 0) is 24.3 Å². The molecule has 1 aromatic heterocycles. The molecular formula is C22H23F3N4O3. The SMILES string of the molecule is O=C(CCC(=O)N1CCOc2ccccc21)N1CCN(c2ccc(C(F)(F)F)cn2)CC1. The highest BCUT2D eigenvalue weighted by atomic mass is 19.4. The van der Waals surface area contributed by atoms with Crippen molar-refractivity contribution in [3.05, 3.63) is 48.2 Å². The number of carbonyl (C=O) groups is 2. The summed E-state index contributed by atoms with van der Waals surface area (Å²) in [6, 6.07) is 9.67. The van der Waals surface area contributed by atoms with Gasteiger partial charge in [0.05, 0.1) is 17.8 Å². The van der Waals surface area contributed by atoms with E-state index < -0.39 is 11.7 Å². The summed E-state index contributed by atoms with van der Waals surface area (Å²) in [5.74, 6) is 0.874. The van der Waals surface area contributed by atoms with Gasteiger partial charge in [0.15, 0.2) is 0 Å². The van der Waals surface area contributed by atoms with Crippen molar-refractivity contribution >= 4 is 23.3 Å². The summed E-state index contributed by atoms with van der Waals surface area (Å²) in [5.41, 5.74) is -0.0727. The first kappa shape index (κ1) is 21.9. The smallest absolute Gasteiger partial charge is 0.417 e. The fourth-order valence-corrected chi connectivity index (χ4v) is 3.86. The predicted molar refractivity (Wildman–Crippen MR) is 112 cm³/mol. The average Bonchev–Trinajstić information content (AvgIpc) is 2.81. The Kier molecular flexibility index (Phi) is 6.20. The van der Waals surface area contributed by atoms with Crippen LogP contribution in [0.5, 0.6) is 5.75 Å². The van der Waals surface area contributed by atoms with Gasteiger partial charge in [0, 0.05) is 45.2 Å². The van der Waals surface area contributed by atoms with E-state index in [0.29, 0.717) is 56.6 Å². The molecule has 1 saturated heterocycles. The Morgan fingerprint density at radius 2 is 1.66 bits per heavy atom. The van der Waals surface area contributed by atoms with Crippen molar-refractivity contribution in [1.29, 1.82) is 0 Å². The molecule has 2 aliphatic heterocycles. The normalized spacial score (nSPS) is 16.4. The number of carbonyl (C=O) groups excluding carboxylic acids is 2. The number of piperazine rings is 1. The number of hydrogen-bond acceptors (Lipinski definition) is 5. The van der Waals surface area contributed by atoms with Gasteiger partial charge in [-0.3, -0.25) is 9.59 Å². The lowest BCUT2D eigenvalue weighted by atomic mass is 10.2.